The fourth-order valence-electron chi connectivity index (χ4n) is 1.04. The van der Waals surface area contributed by atoms with Crippen LogP contribution in [0.5, 0.6) is 0 Å². The van der Waals surface area contributed by atoms with Crippen molar-refractivity contribution in [3.05, 3.63) is 0 Å². The van der Waals surface area contributed by atoms with Gasteiger partial charge in [0.2, 0.25) is 0 Å². The lowest BCUT2D eigenvalue weighted by molar-refractivity contribution is 0.553. The molecule has 0 aromatic heterocycles. The third kappa shape index (κ3) is 6.99. The molecule has 2 heteroatoms. The highest BCUT2D eigenvalue weighted by molar-refractivity contribution is 7.99. The number of nitrogens with two attached hydrogens (primary N) is 1. The molecule has 1 atom stereocenters. The van der Waals surface area contributed by atoms with Crippen LogP contribution in [0.4, 0.5) is 0 Å². The summed E-state index contributed by atoms with van der Waals surface area (Å²) in [6, 6.07) is 0.374. The normalized spacial score (nSPS) is 13.8. The summed E-state index contributed by atoms with van der Waals surface area (Å²) in [5.41, 5.74) is 5.66. The van der Waals surface area contributed by atoms with Crippen molar-refractivity contribution >= 4 is 11.8 Å². The lowest BCUT2D eigenvalue weighted by atomic mass is 10.1. The van der Waals surface area contributed by atoms with Crippen LogP contribution in [0.25, 0.3) is 0 Å². The molecule has 0 aromatic rings. The van der Waals surface area contributed by atoms with Gasteiger partial charge >= 0.3 is 0 Å². The number of thioether (sulfide) groups is 1. The van der Waals surface area contributed by atoms with Crippen LogP contribution in [0, 0.1) is 5.92 Å². The predicted octanol–water partition coefficient (Wildman–Crippen LogP) is 2.89. The summed E-state index contributed by atoms with van der Waals surface area (Å²) in [7, 11) is 0. The molecule has 0 heterocycles. The molecule has 0 fully saturated rings. The Labute approximate surface area is 81.5 Å². The smallest absolute Gasteiger partial charge is 0.00183 e. The van der Waals surface area contributed by atoms with Crippen LogP contribution in [0.3, 0.4) is 0 Å². The van der Waals surface area contributed by atoms with Gasteiger partial charge in [-0.3, -0.25) is 0 Å². The molecule has 12 heavy (non-hydrogen) atoms. The fourth-order valence-corrected chi connectivity index (χ4v) is 2.55. The quantitative estimate of drug-likeness (QED) is 0.623. The molecule has 0 rings (SSSR count). The summed E-state index contributed by atoms with van der Waals surface area (Å²) >= 11 is 2.06. The Kier molecular flexibility index (Phi) is 8.14. The summed E-state index contributed by atoms with van der Waals surface area (Å²) in [4.78, 5) is 0. The molecule has 0 amide bonds. The molecule has 2 N–H and O–H groups in total. The molecular weight excluding hydrogens is 166 g/mol. The van der Waals surface area contributed by atoms with Gasteiger partial charge in [-0.15, -0.1) is 0 Å². The molecule has 0 aliphatic rings. The van der Waals surface area contributed by atoms with E-state index < -0.39 is 0 Å². The largest absolute Gasteiger partial charge is 0.328 e. The average Bonchev–Trinajstić information content (AvgIpc) is 2.04. The number of hydrogen-bond donors (Lipinski definition) is 1. The van der Waals surface area contributed by atoms with Crippen molar-refractivity contribution in [3.8, 4) is 0 Å². The van der Waals surface area contributed by atoms with Crippen LogP contribution in [0.2, 0.25) is 0 Å². The van der Waals surface area contributed by atoms with Crippen LogP contribution in [-0.4, -0.2) is 17.5 Å². The van der Waals surface area contributed by atoms with E-state index in [1.54, 1.807) is 0 Å². The summed E-state index contributed by atoms with van der Waals surface area (Å²) in [6.07, 6.45) is 3.80. The van der Waals surface area contributed by atoms with Crippen LogP contribution < -0.4 is 5.73 Å². The van der Waals surface area contributed by atoms with Crippen LogP contribution >= 0.6 is 11.8 Å². The lowest BCUT2D eigenvalue weighted by Crippen LogP contribution is -2.15. The van der Waals surface area contributed by atoms with Crippen molar-refractivity contribution in [1.82, 2.24) is 0 Å². The molecule has 1 nitrogen and oxygen atoms in total. The van der Waals surface area contributed by atoms with E-state index in [2.05, 4.69) is 32.5 Å². The molecule has 74 valence electrons. The van der Waals surface area contributed by atoms with Gasteiger partial charge in [0.15, 0.2) is 0 Å². The van der Waals surface area contributed by atoms with E-state index in [9.17, 15) is 0 Å². The molecule has 0 radical (unpaired) electrons. The average molecular weight is 189 g/mol. The van der Waals surface area contributed by atoms with Crippen molar-refractivity contribution in [2.75, 3.05) is 11.5 Å². The Balaban J connectivity index is 3.17. The second-order valence-electron chi connectivity index (χ2n) is 3.52. The SMILES string of the molecule is CCC(CC)CSCCC(C)N. The van der Waals surface area contributed by atoms with Gasteiger partial charge in [0, 0.05) is 6.04 Å². The van der Waals surface area contributed by atoms with E-state index in [4.69, 9.17) is 5.73 Å². The molecule has 0 spiro atoms. The van der Waals surface area contributed by atoms with Crippen LogP contribution in [0.15, 0.2) is 0 Å². The summed E-state index contributed by atoms with van der Waals surface area (Å²) in [6.45, 7) is 6.64. The van der Waals surface area contributed by atoms with E-state index in [1.165, 1.54) is 24.3 Å². The molecular formula is C10H23NS. The Morgan fingerprint density at radius 2 is 1.83 bits per heavy atom. The highest BCUT2D eigenvalue weighted by Gasteiger charge is 2.03. The first-order chi connectivity index (χ1) is 5.70. The standard InChI is InChI=1S/C10H23NS/c1-4-10(5-2)8-12-7-6-9(3)11/h9-10H,4-8,11H2,1-3H3. The third-order valence-electron chi connectivity index (χ3n) is 2.23. The van der Waals surface area contributed by atoms with Gasteiger partial charge in [-0.05, 0) is 30.8 Å². The zero-order valence-corrected chi connectivity index (χ0v) is 9.49. The maximum Gasteiger partial charge on any atom is 0.00183 e. The zero-order chi connectivity index (χ0) is 9.40. The fraction of sp³-hybridized carbons (Fsp3) is 1.00. The van der Waals surface area contributed by atoms with Gasteiger partial charge in [-0.25, -0.2) is 0 Å². The first-order valence-corrected chi connectivity index (χ1v) is 6.19. The van der Waals surface area contributed by atoms with Crippen molar-refractivity contribution in [1.29, 1.82) is 0 Å². The number of rotatable bonds is 7. The topological polar surface area (TPSA) is 26.0 Å². The zero-order valence-electron chi connectivity index (χ0n) is 8.68. The molecule has 0 aromatic carbocycles. The maximum atomic E-state index is 5.66. The first-order valence-electron chi connectivity index (χ1n) is 5.04. The van der Waals surface area contributed by atoms with E-state index in [0.29, 0.717) is 6.04 Å². The lowest BCUT2D eigenvalue weighted by Gasteiger charge is -2.11. The van der Waals surface area contributed by atoms with Crippen molar-refractivity contribution in [3.63, 3.8) is 0 Å². The van der Waals surface area contributed by atoms with E-state index >= 15 is 0 Å². The molecule has 0 saturated heterocycles. The summed E-state index contributed by atoms with van der Waals surface area (Å²) < 4.78 is 0. The second-order valence-corrected chi connectivity index (χ2v) is 4.67. The van der Waals surface area contributed by atoms with Crippen molar-refractivity contribution < 1.29 is 0 Å². The highest BCUT2D eigenvalue weighted by atomic mass is 32.2. The summed E-state index contributed by atoms with van der Waals surface area (Å²) in [5, 5.41) is 0. The van der Waals surface area contributed by atoms with Gasteiger partial charge in [0.05, 0.1) is 0 Å². The minimum absolute atomic E-state index is 0.374. The maximum absolute atomic E-state index is 5.66. The van der Waals surface area contributed by atoms with Crippen molar-refractivity contribution in [2.24, 2.45) is 11.7 Å². The predicted molar refractivity (Wildman–Crippen MR) is 59.7 cm³/mol. The molecule has 0 aliphatic heterocycles. The van der Waals surface area contributed by atoms with E-state index in [-0.39, 0.29) is 0 Å². The van der Waals surface area contributed by atoms with Gasteiger partial charge in [-0.2, -0.15) is 11.8 Å². The second kappa shape index (κ2) is 7.93. The van der Waals surface area contributed by atoms with Gasteiger partial charge in [-0.1, -0.05) is 26.7 Å². The minimum Gasteiger partial charge on any atom is -0.328 e. The molecule has 0 bridgehead atoms. The highest BCUT2D eigenvalue weighted by Crippen LogP contribution is 2.16. The van der Waals surface area contributed by atoms with E-state index in [0.717, 1.165) is 12.3 Å². The van der Waals surface area contributed by atoms with Gasteiger partial charge in [0.1, 0.15) is 0 Å². The van der Waals surface area contributed by atoms with Gasteiger partial charge in [0.25, 0.3) is 0 Å². The Morgan fingerprint density at radius 3 is 2.25 bits per heavy atom. The van der Waals surface area contributed by atoms with Gasteiger partial charge < -0.3 is 5.73 Å². The minimum atomic E-state index is 0.374. The van der Waals surface area contributed by atoms with Crippen molar-refractivity contribution in [2.45, 2.75) is 46.1 Å². The van der Waals surface area contributed by atoms with Crippen LogP contribution in [-0.2, 0) is 0 Å². The molecule has 0 saturated carbocycles. The Hall–Kier alpha value is 0.310. The molecule has 0 aliphatic carbocycles. The van der Waals surface area contributed by atoms with E-state index in [1.807, 2.05) is 0 Å². The van der Waals surface area contributed by atoms with Crippen LogP contribution in [0.1, 0.15) is 40.0 Å². The summed E-state index contributed by atoms with van der Waals surface area (Å²) in [5.74, 6) is 3.47. The number of hydrogen-bond acceptors (Lipinski definition) is 2. The Morgan fingerprint density at radius 1 is 1.25 bits per heavy atom. The first kappa shape index (κ1) is 12.3. The monoisotopic (exact) mass is 189 g/mol. The third-order valence-corrected chi connectivity index (χ3v) is 3.46. The Bertz CT molecular complexity index is 89.8. The molecule has 1 unspecified atom stereocenters.